The molecule has 0 aromatic heterocycles. The van der Waals surface area contributed by atoms with Gasteiger partial charge in [-0.15, -0.1) is 0 Å². The molecule has 0 radical (unpaired) electrons. The lowest BCUT2D eigenvalue weighted by Gasteiger charge is -2.27. The zero-order valence-corrected chi connectivity index (χ0v) is 18.5. The number of ether oxygens (including phenoxy) is 4. The Kier molecular flexibility index (Phi) is 7.28. The summed E-state index contributed by atoms with van der Waals surface area (Å²) in [6.45, 7) is 2.97. The lowest BCUT2D eigenvalue weighted by molar-refractivity contribution is -0.0261. The molecule has 0 saturated heterocycles. The van der Waals surface area contributed by atoms with Crippen molar-refractivity contribution in [3.8, 4) is 17.2 Å². The van der Waals surface area contributed by atoms with Gasteiger partial charge in [0.25, 0.3) is 0 Å². The summed E-state index contributed by atoms with van der Waals surface area (Å²) >= 11 is 0. The lowest BCUT2D eigenvalue weighted by atomic mass is 10.0. The molecular weight excluding hydrogens is 407 g/mol. The Bertz CT molecular complexity index is 986. The van der Waals surface area contributed by atoms with Crippen LogP contribution in [0.1, 0.15) is 37.0 Å². The third-order valence-corrected chi connectivity index (χ3v) is 5.56. The van der Waals surface area contributed by atoms with Crippen LogP contribution >= 0.6 is 0 Å². The molecule has 1 fully saturated rings. The number of para-hydroxylation sites is 1. The van der Waals surface area contributed by atoms with Crippen molar-refractivity contribution in [1.29, 1.82) is 0 Å². The molecule has 4 nitrogen and oxygen atoms in total. The second-order valence-electron chi connectivity index (χ2n) is 8.15. The maximum atomic E-state index is 14.0. The molecule has 1 aliphatic carbocycles. The number of methoxy groups -OCH3 is 1. The Labute approximate surface area is 188 Å². The first kappa shape index (κ1) is 22.2. The highest BCUT2D eigenvalue weighted by atomic mass is 19.1. The molecule has 2 atom stereocenters. The molecule has 0 spiro atoms. The molecule has 0 unspecified atom stereocenters. The van der Waals surface area contributed by atoms with Crippen LogP contribution in [0.2, 0.25) is 0 Å². The van der Waals surface area contributed by atoms with Crippen LogP contribution in [0.5, 0.6) is 17.2 Å². The van der Waals surface area contributed by atoms with E-state index in [4.69, 9.17) is 18.9 Å². The Balaban J connectivity index is 1.55. The van der Waals surface area contributed by atoms with Crippen molar-refractivity contribution in [2.75, 3.05) is 13.7 Å². The van der Waals surface area contributed by atoms with Gasteiger partial charge in [0.2, 0.25) is 0 Å². The van der Waals surface area contributed by atoms with Gasteiger partial charge in [-0.1, -0.05) is 30.3 Å². The highest BCUT2D eigenvalue weighted by Gasteiger charge is 2.28. The predicted octanol–water partition coefficient (Wildman–Crippen LogP) is 6.35. The van der Waals surface area contributed by atoms with Gasteiger partial charge in [0.1, 0.15) is 23.1 Å². The zero-order chi connectivity index (χ0) is 22.3. The SMILES string of the molecule is COc1ccc(CO[C@@H](C)[C@H](Oc2ccccc2)c2ccc(F)cc2OCC2CC2)cc1. The summed E-state index contributed by atoms with van der Waals surface area (Å²) in [5.41, 5.74) is 1.80. The summed E-state index contributed by atoms with van der Waals surface area (Å²) in [7, 11) is 1.64. The molecule has 3 aromatic rings. The van der Waals surface area contributed by atoms with Crippen LogP contribution < -0.4 is 14.2 Å². The summed E-state index contributed by atoms with van der Waals surface area (Å²) in [5.74, 6) is 2.26. The minimum atomic E-state index is -0.467. The first-order chi connectivity index (χ1) is 15.6. The Morgan fingerprint density at radius 1 is 0.938 bits per heavy atom. The zero-order valence-electron chi connectivity index (χ0n) is 18.5. The fourth-order valence-corrected chi connectivity index (χ4v) is 3.46. The smallest absolute Gasteiger partial charge is 0.153 e. The molecule has 168 valence electrons. The molecule has 1 saturated carbocycles. The Hall–Kier alpha value is -3.05. The van der Waals surface area contributed by atoms with E-state index >= 15 is 0 Å². The number of rotatable bonds is 11. The topological polar surface area (TPSA) is 36.9 Å². The monoisotopic (exact) mass is 436 g/mol. The van der Waals surface area contributed by atoms with E-state index in [-0.39, 0.29) is 11.9 Å². The molecular formula is C27H29FO4. The summed E-state index contributed by atoms with van der Waals surface area (Å²) in [5, 5.41) is 0. The third-order valence-electron chi connectivity index (χ3n) is 5.56. The summed E-state index contributed by atoms with van der Waals surface area (Å²) in [6.07, 6.45) is 1.54. The summed E-state index contributed by atoms with van der Waals surface area (Å²) in [6, 6.07) is 22.0. The fourth-order valence-electron chi connectivity index (χ4n) is 3.46. The van der Waals surface area contributed by atoms with Gasteiger partial charge in [-0.3, -0.25) is 0 Å². The molecule has 5 heteroatoms. The van der Waals surface area contributed by atoms with Crippen molar-refractivity contribution in [2.24, 2.45) is 5.92 Å². The van der Waals surface area contributed by atoms with E-state index in [1.807, 2.05) is 61.5 Å². The molecule has 1 aliphatic rings. The predicted molar refractivity (Wildman–Crippen MR) is 122 cm³/mol. The molecule has 4 rings (SSSR count). The van der Waals surface area contributed by atoms with Gasteiger partial charge >= 0.3 is 0 Å². The first-order valence-electron chi connectivity index (χ1n) is 11.0. The highest BCUT2D eigenvalue weighted by molar-refractivity contribution is 5.38. The molecule has 3 aromatic carbocycles. The van der Waals surface area contributed by atoms with Gasteiger partial charge in [0.05, 0.1) is 26.4 Å². The number of hydrogen-bond donors (Lipinski definition) is 0. The van der Waals surface area contributed by atoms with E-state index in [1.165, 1.54) is 12.1 Å². The first-order valence-corrected chi connectivity index (χ1v) is 11.0. The van der Waals surface area contributed by atoms with Crippen molar-refractivity contribution in [1.82, 2.24) is 0 Å². The van der Waals surface area contributed by atoms with Crippen molar-refractivity contribution < 1.29 is 23.3 Å². The summed E-state index contributed by atoms with van der Waals surface area (Å²) < 4.78 is 37.8. The quantitative estimate of drug-likeness (QED) is 0.351. The molecule has 32 heavy (non-hydrogen) atoms. The van der Waals surface area contributed by atoms with Crippen LogP contribution in [0.3, 0.4) is 0 Å². The van der Waals surface area contributed by atoms with E-state index in [2.05, 4.69) is 0 Å². The maximum absolute atomic E-state index is 14.0. The number of hydrogen-bond acceptors (Lipinski definition) is 4. The van der Waals surface area contributed by atoms with Gasteiger partial charge in [0.15, 0.2) is 6.10 Å². The van der Waals surface area contributed by atoms with Crippen molar-refractivity contribution in [3.63, 3.8) is 0 Å². The molecule has 0 amide bonds. The van der Waals surface area contributed by atoms with E-state index < -0.39 is 6.10 Å². The van der Waals surface area contributed by atoms with Crippen LogP contribution in [0.4, 0.5) is 4.39 Å². The molecule has 0 heterocycles. The lowest BCUT2D eigenvalue weighted by Crippen LogP contribution is -2.25. The maximum Gasteiger partial charge on any atom is 0.153 e. The van der Waals surface area contributed by atoms with Crippen LogP contribution in [0, 0.1) is 11.7 Å². The average molecular weight is 437 g/mol. The summed E-state index contributed by atoms with van der Waals surface area (Å²) in [4.78, 5) is 0. The van der Waals surface area contributed by atoms with E-state index in [0.29, 0.717) is 24.9 Å². The molecule has 0 bridgehead atoms. The van der Waals surface area contributed by atoms with Crippen molar-refractivity contribution in [2.45, 2.75) is 38.6 Å². The highest BCUT2D eigenvalue weighted by Crippen LogP contribution is 2.36. The largest absolute Gasteiger partial charge is 0.497 e. The Morgan fingerprint density at radius 2 is 1.69 bits per heavy atom. The second kappa shape index (κ2) is 10.5. The number of benzene rings is 3. The molecule has 0 aliphatic heterocycles. The standard InChI is InChI=1S/C27H29FO4/c1-19(30-17-21-10-13-23(29-2)14-11-21)27(32-24-6-4-3-5-7-24)25-15-12-22(28)16-26(25)31-18-20-8-9-20/h3-7,10-16,19-20,27H,8-9,17-18H2,1-2H3/t19-,27-/m0/s1. The van der Waals surface area contributed by atoms with Crippen molar-refractivity contribution in [3.05, 3.63) is 89.7 Å². The van der Waals surface area contributed by atoms with Gasteiger partial charge in [-0.2, -0.15) is 0 Å². The van der Waals surface area contributed by atoms with Crippen LogP contribution in [0.15, 0.2) is 72.8 Å². The van der Waals surface area contributed by atoms with E-state index in [1.54, 1.807) is 13.2 Å². The van der Waals surface area contributed by atoms with Gasteiger partial charge < -0.3 is 18.9 Å². The van der Waals surface area contributed by atoms with Gasteiger partial charge in [-0.25, -0.2) is 4.39 Å². The number of halogens is 1. The normalized spacial score (nSPS) is 15.1. The van der Waals surface area contributed by atoms with Gasteiger partial charge in [0, 0.05) is 11.6 Å². The van der Waals surface area contributed by atoms with Crippen molar-refractivity contribution >= 4 is 0 Å². The van der Waals surface area contributed by atoms with Crippen LogP contribution in [0.25, 0.3) is 0 Å². The van der Waals surface area contributed by atoms with Crippen LogP contribution in [-0.4, -0.2) is 19.8 Å². The van der Waals surface area contributed by atoms with Gasteiger partial charge in [-0.05, 0) is 67.6 Å². The second-order valence-corrected chi connectivity index (χ2v) is 8.15. The third kappa shape index (κ3) is 6.01. The Morgan fingerprint density at radius 3 is 2.38 bits per heavy atom. The minimum Gasteiger partial charge on any atom is -0.497 e. The average Bonchev–Trinajstić information content (AvgIpc) is 3.66. The minimum absolute atomic E-state index is 0.314. The van der Waals surface area contributed by atoms with E-state index in [9.17, 15) is 4.39 Å². The molecule has 0 N–H and O–H groups in total. The van der Waals surface area contributed by atoms with Crippen LogP contribution in [-0.2, 0) is 11.3 Å². The van der Waals surface area contributed by atoms with E-state index in [0.717, 1.165) is 35.5 Å². The fraction of sp³-hybridized carbons (Fsp3) is 0.333.